The van der Waals surface area contributed by atoms with Gasteiger partial charge in [0.2, 0.25) is 16.4 Å². The quantitative estimate of drug-likeness (QED) is 0.0619. The van der Waals surface area contributed by atoms with Gasteiger partial charge in [0.05, 0.1) is 42.5 Å². The van der Waals surface area contributed by atoms with Crippen molar-refractivity contribution in [2.24, 2.45) is 16.9 Å². The molecule has 2 radical (unpaired) electrons. The molecule has 5 rings (SSSR count). The van der Waals surface area contributed by atoms with Crippen molar-refractivity contribution in [3.63, 3.8) is 0 Å². The van der Waals surface area contributed by atoms with Crippen LogP contribution in [-0.4, -0.2) is 139 Å². The van der Waals surface area contributed by atoms with Crippen molar-refractivity contribution in [2.75, 3.05) is 32.7 Å². The average Bonchev–Trinajstić information content (AvgIpc) is 3.81. The smallest absolute Gasteiger partial charge is 0.378 e. The molecule has 19 nitrogen and oxygen atoms in total. The van der Waals surface area contributed by atoms with E-state index in [9.17, 15) is 33.6 Å². The summed E-state index contributed by atoms with van der Waals surface area (Å²) in [6.07, 6.45) is -0.370. The summed E-state index contributed by atoms with van der Waals surface area (Å²) in [5.41, 5.74) is -0.0757. The molecule has 0 spiro atoms. The number of nitrogens with two attached hydrogens (primary N) is 1. The van der Waals surface area contributed by atoms with Crippen molar-refractivity contribution < 1.29 is 47.8 Å². The monoisotopic (exact) mass is 733 g/mol. The van der Waals surface area contributed by atoms with Gasteiger partial charge in [0.1, 0.15) is 11.3 Å². The number of nitrogens with zero attached hydrogens (tertiary/aromatic N) is 7. The summed E-state index contributed by atoms with van der Waals surface area (Å²) >= 11 is 2.17. The van der Waals surface area contributed by atoms with Crippen LogP contribution >= 0.6 is 23.1 Å². The maximum Gasteiger partial charge on any atom is 0.378 e. The molecule has 268 valence electrons. The van der Waals surface area contributed by atoms with E-state index in [1.807, 2.05) is 0 Å². The molecule has 3 atom stereocenters. The highest BCUT2D eigenvalue weighted by Gasteiger charge is 2.66. The van der Waals surface area contributed by atoms with E-state index in [1.165, 1.54) is 30.1 Å². The number of Topliss-reactive ketones (excluding diaryl/α,β-unsaturated/α-hetero) is 1. The van der Waals surface area contributed by atoms with Gasteiger partial charge in [0, 0.05) is 18.3 Å². The van der Waals surface area contributed by atoms with Crippen molar-refractivity contribution in [3.8, 4) is 0 Å². The Morgan fingerprint density at radius 1 is 1.10 bits per heavy atom. The SMILES string of the molecule is [B]OC(=O)[C@@]1(N2CCN(NC(=O)N3CCN(N)C3=O)C2=O)CN2C(=O)C(CC(=O)/C(=N\OC(C)(C)C(=O)OC(C)(C)C)c3csc(C)n3)[C@H]2S1. The van der Waals surface area contributed by atoms with Crippen LogP contribution < -0.4 is 11.3 Å². The summed E-state index contributed by atoms with van der Waals surface area (Å²) in [6, 6.07) is -2.45. The summed E-state index contributed by atoms with van der Waals surface area (Å²) in [7, 11) is 5.30. The maximum atomic E-state index is 13.8. The molecular formula is C28H36BN9O10S2. The summed E-state index contributed by atoms with van der Waals surface area (Å²) in [5.74, 6) is 1.75. The van der Waals surface area contributed by atoms with Crippen molar-refractivity contribution in [2.45, 2.75) is 69.4 Å². The van der Waals surface area contributed by atoms with Gasteiger partial charge < -0.3 is 19.1 Å². The van der Waals surface area contributed by atoms with Crippen molar-refractivity contribution in [3.05, 3.63) is 16.1 Å². The van der Waals surface area contributed by atoms with Crippen molar-refractivity contribution in [1.29, 1.82) is 0 Å². The van der Waals surface area contributed by atoms with Crippen LogP contribution in [0.5, 0.6) is 0 Å². The molecule has 5 heterocycles. The van der Waals surface area contributed by atoms with Crippen molar-refractivity contribution >= 4 is 78.6 Å². The van der Waals surface area contributed by atoms with Gasteiger partial charge in [0.15, 0.2) is 11.5 Å². The number of hydrogen-bond donors (Lipinski definition) is 2. The minimum atomic E-state index is -1.82. The molecule has 0 aromatic carbocycles. The van der Waals surface area contributed by atoms with Crippen molar-refractivity contribution in [1.82, 2.24) is 35.1 Å². The zero-order valence-electron chi connectivity index (χ0n) is 28.2. The lowest BCUT2D eigenvalue weighted by molar-refractivity contribution is -0.179. The van der Waals surface area contributed by atoms with Gasteiger partial charge in [-0.05, 0) is 41.5 Å². The molecule has 0 saturated carbocycles. The average molecular weight is 734 g/mol. The number of amides is 7. The fourth-order valence-corrected chi connectivity index (χ4v) is 7.86. The summed E-state index contributed by atoms with van der Waals surface area (Å²) in [4.78, 5) is 103. The second-order valence-electron chi connectivity index (χ2n) is 13.3. The van der Waals surface area contributed by atoms with E-state index >= 15 is 0 Å². The number of imide groups is 1. The standard InChI is InChI=1S/C28H36BN9O10S2/c1-14-31-16(12-49-14)18(33-48-27(5,6)21(41)46-26(2,3)4)17(39)11-15-19(40)35-13-28(22(42)47-29,50-20(15)35)36-8-10-38(25(36)45)32-23(43)34-7-9-37(30)24(34)44/h12,15,20H,7-11,13,30H2,1-6H3,(H,32,43)/b33-18-/t15?,20-,28-/m1/s1. The molecule has 50 heavy (non-hydrogen) atoms. The van der Waals surface area contributed by atoms with Crippen LogP contribution in [0.15, 0.2) is 10.5 Å². The number of aromatic nitrogens is 1. The summed E-state index contributed by atoms with van der Waals surface area (Å²) < 4.78 is 10.00. The maximum absolute atomic E-state index is 13.8. The van der Waals surface area contributed by atoms with E-state index in [-0.39, 0.29) is 50.6 Å². The Balaban J connectivity index is 1.32. The number of fused-ring (bicyclic) bond motifs is 1. The number of rotatable bonds is 10. The minimum Gasteiger partial charge on any atom is -0.541 e. The minimum absolute atomic E-state index is 0.00713. The molecule has 0 aliphatic carbocycles. The van der Waals surface area contributed by atoms with Gasteiger partial charge in [-0.1, -0.05) is 16.9 Å². The lowest BCUT2D eigenvalue weighted by Gasteiger charge is -2.40. The predicted molar refractivity (Wildman–Crippen MR) is 176 cm³/mol. The lowest BCUT2D eigenvalue weighted by Crippen LogP contribution is -2.60. The number of thiazole rings is 1. The third-order valence-electron chi connectivity index (χ3n) is 8.13. The van der Waals surface area contributed by atoms with Gasteiger partial charge >= 0.3 is 38.1 Å². The number of ether oxygens (including phenoxy) is 1. The molecule has 7 amide bonds. The molecule has 0 bridgehead atoms. The highest BCUT2D eigenvalue weighted by atomic mass is 32.2. The second-order valence-corrected chi connectivity index (χ2v) is 15.8. The van der Waals surface area contributed by atoms with Crippen LogP contribution in [0, 0.1) is 12.8 Å². The molecule has 4 aliphatic heterocycles. The molecule has 1 unspecified atom stereocenters. The van der Waals surface area contributed by atoms with Crippen LogP contribution in [0.4, 0.5) is 14.4 Å². The largest absolute Gasteiger partial charge is 0.541 e. The fourth-order valence-electron chi connectivity index (χ4n) is 5.53. The van der Waals surface area contributed by atoms with Gasteiger partial charge in [-0.3, -0.25) is 24.3 Å². The van der Waals surface area contributed by atoms with Crippen LogP contribution in [0.3, 0.4) is 0 Å². The van der Waals surface area contributed by atoms with Crippen LogP contribution in [-0.2, 0) is 33.4 Å². The number of oxime groups is 1. The Morgan fingerprint density at radius 3 is 2.38 bits per heavy atom. The van der Waals surface area contributed by atoms with E-state index in [4.69, 9.17) is 23.5 Å². The van der Waals surface area contributed by atoms with E-state index < -0.39 is 69.1 Å². The lowest BCUT2D eigenvalue weighted by atomic mass is 9.90. The zero-order valence-corrected chi connectivity index (χ0v) is 29.8. The molecule has 22 heteroatoms. The Bertz CT molecular complexity index is 1670. The molecule has 3 N–H and O–H groups in total. The third kappa shape index (κ3) is 6.82. The molecule has 4 fully saturated rings. The topological polar surface area (TPSA) is 227 Å². The summed E-state index contributed by atoms with van der Waals surface area (Å²) in [5, 5.41) is 7.27. The zero-order chi connectivity index (χ0) is 36.9. The number of hydrazine groups is 2. The first-order chi connectivity index (χ1) is 23.3. The van der Waals surface area contributed by atoms with Crippen LogP contribution in [0.1, 0.15) is 51.7 Å². The van der Waals surface area contributed by atoms with E-state index in [0.29, 0.717) is 5.01 Å². The normalized spacial score (nSPS) is 24.0. The number of thioether (sulfide) groups is 1. The molecule has 4 aliphatic rings. The Labute approximate surface area is 296 Å². The van der Waals surface area contributed by atoms with Gasteiger partial charge in [-0.15, -0.1) is 11.3 Å². The van der Waals surface area contributed by atoms with Gasteiger partial charge in [-0.25, -0.2) is 45.3 Å². The number of β-lactam (4-membered cyclic amide) rings is 1. The second kappa shape index (κ2) is 13.4. The first-order valence-corrected chi connectivity index (χ1v) is 17.1. The van der Waals surface area contributed by atoms with Crippen LogP contribution in [0.2, 0.25) is 0 Å². The summed E-state index contributed by atoms with van der Waals surface area (Å²) in [6.45, 7) is 9.33. The number of carbonyl (C=O) groups excluding carboxylic acids is 7. The van der Waals surface area contributed by atoms with E-state index in [0.717, 1.165) is 31.6 Å². The predicted octanol–water partition coefficient (Wildman–Crippen LogP) is 0.0795. The number of carbonyl (C=O) groups is 7. The molecule has 4 saturated heterocycles. The number of urea groups is 3. The molecule has 1 aromatic heterocycles. The Hall–Kier alpha value is -4.44. The number of aryl methyl sites for hydroxylation is 1. The first-order valence-electron chi connectivity index (χ1n) is 15.4. The highest BCUT2D eigenvalue weighted by molar-refractivity contribution is 8.02. The van der Waals surface area contributed by atoms with E-state index in [2.05, 4.69) is 20.2 Å². The number of ketones is 1. The number of hydrogen-bond acceptors (Lipinski definition) is 15. The van der Waals surface area contributed by atoms with Gasteiger partial charge in [0.25, 0.3) is 0 Å². The molecular weight excluding hydrogens is 697 g/mol. The van der Waals surface area contributed by atoms with E-state index in [1.54, 1.807) is 33.1 Å². The Kier molecular flexibility index (Phi) is 9.84. The molecule has 1 aromatic rings. The Morgan fingerprint density at radius 2 is 1.80 bits per heavy atom. The fraction of sp³-hybridized carbons (Fsp3) is 0.607. The van der Waals surface area contributed by atoms with Crippen LogP contribution in [0.25, 0.3) is 0 Å². The van der Waals surface area contributed by atoms with Gasteiger partial charge in [-0.2, -0.15) is 0 Å². The first kappa shape index (κ1) is 36.8. The number of nitrogens with one attached hydrogen (secondary N) is 1. The highest BCUT2D eigenvalue weighted by Crippen LogP contribution is 2.53. The third-order valence-corrected chi connectivity index (χ3v) is 10.6. The number of esters is 1.